The Morgan fingerprint density at radius 3 is 2.34 bits per heavy atom. The summed E-state index contributed by atoms with van der Waals surface area (Å²) in [5.41, 5.74) is 3.32. The molecule has 9 heteroatoms. The summed E-state index contributed by atoms with van der Waals surface area (Å²) in [6.45, 7) is 0. The van der Waals surface area contributed by atoms with Crippen molar-refractivity contribution in [1.29, 1.82) is 0 Å². The smallest absolute Gasteiger partial charge is 0.273 e. The number of carbonyl (C=O) groups is 2. The van der Waals surface area contributed by atoms with Gasteiger partial charge in [0.05, 0.1) is 31.7 Å². The molecule has 0 bridgehead atoms. The number of phenols is 1. The third-order valence-electron chi connectivity index (χ3n) is 4.39. The van der Waals surface area contributed by atoms with Gasteiger partial charge in [0.2, 0.25) is 0 Å². The molecule has 0 aromatic heterocycles. The van der Waals surface area contributed by atoms with Crippen molar-refractivity contribution in [3.05, 3.63) is 83.2 Å². The zero-order chi connectivity index (χ0) is 23.1. The summed E-state index contributed by atoms with van der Waals surface area (Å²) in [6, 6.07) is 14.1. The molecule has 2 amide bonds. The van der Waals surface area contributed by atoms with Gasteiger partial charge in [-0.15, -0.1) is 0 Å². The van der Waals surface area contributed by atoms with Crippen LogP contribution in [-0.2, 0) is 0 Å². The second-order valence-electron chi connectivity index (χ2n) is 6.50. The van der Waals surface area contributed by atoms with E-state index in [0.717, 1.165) is 0 Å². The van der Waals surface area contributed by atoms with Gasteiger partial charge in [0.1, 0.15) is 11.6 Å². The van der Waals surface area contributed by atoms with Crippen molar-refractivity contribution in [3.8, 4) is 17.2 Å². The minimum atomic E-state index is -0.665. The van der Waals surface area contributed by atoms with Crippen molar-refractivity contribution in [2.45, 2.75) is 0 Å². The highest BCUT2D eigenvalue weighted by atomic mass is 19.1. The molecule has 3 aromatic carbocycles. The molecule has 3 aromatic rings. The average molecular weight is 437 g/mol. The van der Waals surface area contributed by atoms with Crippen LogP contribution < -0.4 is 20.2 Å². The van der Waals surface area contributed by atoms with Gasteiger partial charge in [-0.3, -0.25) is 9.59 Å². The van der Waals surface area contributed by atoms with E-state index in [-0.39, 0.29) is 28.4 Å². The Hall–Kier alpha value is -4.40. The van der Waals surface area contributed by atoms with E-state index in [1.165, 1.54) is 69.0 Å². The fourth-order valence-electron chi connectivity index (χ4n) is 2.78. The Bertz CT molecular complexity index is 1160. The number of nitrogens with zero attached hydrogens (tertiary/aromatic N) is 1. The molecule has 0 aliphatic carbocycles. The van der Waals surface area contributed by atoms with E-state index >= 15 is 0 Å². The average Bonchev–Trinajstić information content (AvgIpc) is 2.80. The van der Waals surface area contributed by atoms with Crippen LogP contribution in [0.3, 0.4) is 0 Å². The van der Waals surface area contributed by atoms with E-state index in [0.29, 0.717) is 17.1 Å². The zero-order valence-corrected chi connectivity index (χ0v) is 17.3. The topological polar surface area (TPSA) is 109 Å². The molecule has 0 spiro atoms. The van der Waals surface area contributed by atoms with Crippen LogP contribution in [0.25, 0.3) is 0 Å². The van der Waals surface area contributed by atoms with E-state index < -0.39 is 11.8 Å². The molecule has 0 atom stereocenters. The highest BCUT2D eigenvalue weighted by Gasteiger charge is 2.16. The number of rotatable bonds is 7. The van der Waals surface area contributed by atoms with E-state index in [2.05, 4.69) is 15.8 Å². The molecule has 32 heavy (non-hydrogen) atoms. The van der Waals surface area contributed by atoms with Gasteiger partial charge in [0.25, 0.3) is 11.8 Å². The SMILES string of the molecule is COc1ccc(C(=O)Nc2ccc(O)cc2C(=O)NN=Cc2ccc(F)cc2)cc1OC. The van der Waals surface area contributed by atoms with Crippen molar-refractivity contribution >= 4 is 23.7 Å². The highest BCUT2D eigenvalue weighted by Crippen LogP contribution is 2.28. The van der Waals surface area contributed by atoms with Crippen LogP contribution in [0.1, 0.15) is 26.3 Å². The fraction of sp³-hybridized carbons (Fsp3) is 0.0870. The summed E-state index contributed by atoms with van der Waals surface area (Å²) in [5, 5.41) is 16.3. The molecule has 3 N–H and O–H groups in total. The number of benzene rings is 3. The Morgan fingerprint density at radius 2 is 1.66 bits per heavy atom. The van der Waals surface area contributed by atoms with Gasteiger partial charge < -0.3 is 19.9 Å². The Balaban J connectivity index is 1.77. The maximum Gasteiger partial charge on any atom is 0.273 e. The maximum absolute atomic E-state index is 13.0. The number of carbonyl (C=O) groups excluding carboxylic acids is 2. The molecular weight excluding hydrogens is 417 g/mol. The first-order valence-corrected chi connectivity index (χ1v) is 9.36. The zero-order valence-electron chi connectivity index (χ0n) is 17.3. The van der Waals surface area contributed by atoms with Gasteiger partial charge in [-0.05, 0) is 54.1 Å². The van der Waals surface area contributed by atoms with E-state index in [9.17, 15) is 19.1 Å². The second kappa shape index (κ2) is 10.1. The lowest BCUT2D eigenvalue weighted by atomic mass is 10.1. The van der Waals surface area contributed by atoms with Gasteiger partial charge in [-0.2, -0.15) is 5.10 Å². The molecular formula is C23H20FN3O5. The molecule has 3 rings (SSSR count). The predicted molar refractivity (Wildman–Crippen MR) is 117 cm³/mol. The number of hydrazone groups is 1. The lowest BCUT2D eigenvalue weighted by Gasteiger charge is -2.12. The molecule has 0 unspecified atom stereocenters. The molecule has 164 valence electrons. The maximum atomic E-state index is 13.0. The lowest BCUT2D eigenvalue weighted by molar-refractivity contribution is 0.0955. The van der Waals surface area contributed by atoms with Crippen LogP contribution in [-0.4, -0.2) is 37.4 Å². The first-order valence-electron chi connectivity index (χ1n) is 9.36. The number of phenolic OH excluding ortho intramolecular Hbond substituents is 1. The number of anilines is 1. The number of methoxy groups -OCH3 is 2. The Labute approximate surface area is 183 Å². The quantitative estimate of drug-likeness (QED) is 0.297. The summed E-state index contributed by atoms with van der Waals surface area (Å²) < 4.78 is 23.3. The standard InChI is InChI=1S/C23H20FN3O5/c1-31-20-10-5-15(11-21(20)32-2)22(29)26-19-9-8-17(28)12-18(19)23(30)27-25-13-14-3-6-16(24)7-4-14/h3-13,28H,1-2H3,(H,26,29)(H,27,30). The Morgan fingerprint density at radius 1 is 0.938 bits per heavy atom. The lowest BCUT2D eigenvalue weighted by Crippen LogP contribution is -2.21. The van der Waals surface area contributed by atoms with Crippen LogP contribution >= 0.6 is 0 Å². The molecule has 0 fully saturated rings. The largest absolute Gasteiger partial charge is 0.508 e. The van der Waals surface area contributed by atoms with Crippen molar-refractivity contribution < 1.29 is 28.6 Å². The van der Waals surface area contributed by atoms with Crippen LogP contribution in [0.4, 0.5) is 10.1 Å². The molecule has 0 radical (unpaired) electrons. The first-order chi connectivity index (χ1) is 15.4. The van der Waals surface area contributed by atoms with Gasteiger partial charge in [0.15, 0.2) is 11.5 Å². The normalized spacial score (nSPS) is 10.6. The van der Waals surface area contributed by atoms with Crippen LogP contribution in [0.15, 0.2) is 65.8 Å². The summed E-state index contributed by atoms with van der Waals surface area (Å²) in [4.78, 5) is 25.3. The Kier molecular flexibility index (Phi) is 7.02. The van der Waals surface area contributed by atoms with Crippen LogP contribution in [0.5, 0.6) is 17.2 Å². The van der Waals surface area contributed by atoms with Crippen molar-refractivity contribution in [1.82, 2.24) is 5.43 Å². The minimum absolute atomic E-state index is 0.00455. The van der Waals surface area contributed by atoms with E-state index in [4.69, 9.17) is 9.47 Å². The van der Waals surface area contributed by atoms with Crippen molar-refractivity contribution in [2.75, 3.05) is 19.5 Å². The molecule has 0 saturated carbocycles. The highest BCUT2D eigenvalue weighted by molar-refractivity contribution is 6.09. The summed E-state index contributed by atoms with van der Waals surface area (Å²) in [7, 11) is 2.94. The number of ether oxygens (including phenoxy) is 2. The third kappa shape index (κ3) is 5.39. The number of amides is 2. The van der Waals surface area contributed by atoms with Gasteiger partial charge in [0, 0.05) is 5.56 Å². The fourth-order valence-corrected chi connectivity index (χ4v) is 2.78. The summed E-state index contributed by atoms with van der Waals surface area (Å²) in [5.74, 6) is -0.878. The van der Waals surface area contributed by atoms with Crippen LogP contribution in [0, 0.1) is 5.82 Å². The van der Waals surface area contributed by atoms with Crippen molar-refractivity contribution in [2.24, 2.45) is 5.10 Å². The number of aromatic hydroxyl groups is 1. The predicted octanol–water partition coefficient (Wildman–Crippen LogP) is 3.56. The minimum Gasteiger partial charge on any atom is -0.508 e. The van der Waals surface area contributed by atoms with Gasteiger partial charge >= 0.3 is 0 Å². The van der Waals surface area contributed by atoms with Gasteiger partial charge in [-0.25, -0.2) is 9.82 Å². The third-order valence-corrected chi connectivity index (χ3v) is 4.39. The van der Waals surface area contributed by atoms with E-state index in [1.54, 1.807) is 12.1 Å². The molecule has 0 aliphatic rings. The number of nitrogens with one attached hydrogen (secondary N) is 2. The molecule has 8 nitrogen and oxygen atoms in total. The number of hydrogen-bond donors (Lipinski definition) is 3. The first kappa shape index (κ1) is 22.3. The monoisotopic (exact) mass is 437 g/mol. The molecule has 0 aliphatic heterocycles. The van der Waals surface area contributed by atoms with Crippen LogP contribution in [0.2, 0.25) is 0 Å². The molecule has 0 heterocycles. The van der Waals surface area contributed by atoms with Crippen molar-refractivity contribution in [3.63, 3.8) is 0 Å². The number of halogens is 1. The summed E-state index contributed by atoms with van der Waals surface area (Å²) >= 11 is 0. The molecule has 0 saturated heterocycles. The second-order valence-corrected chi connectivity index (χ2v) is 6.50. The van der Waals surface area contributed by atoms with Gasteiger partial charge in [-0.1, -0.05) is 12.1 Å². The number of hydrogen-bond acceptors (Lipinski definition) is 6. The summed E-state index contributed by atoms with van der Waals surface area (Å²) in [6.07, 6.45) is 1.34. The van der Waals surface area contributed by atoms with E-state index in [1.807, 2.05) is 0 Å².